The number of pyridine rings is 1. The first-order valence-electron chi connectivity index (χ1n) is 8.86. The molecule has 0 atom stereocenters. The normalized spacial score (nSPS) is 12.5. The number of aromatic nitrogens is 1. The van der Waals surface area contributed by atoms with E-state index >= 15 is 0 Å². The van der Waals surface area contributed by atoms with Crippen LogP contribution in [0.4, 0.5) is 26.3 Å². The summed E-state index contributed by atoms with van der Waals surface area (Å²) in [6.45, 7) is 0. The molecule has 1 aromatic heterocycles. The Balaban J connectivity index is 2.09. The molecule has 0 aliphatic carbocycles. The third-order valence-corrected chi connectivity index (χ3v) is 4.35. The van der Waals surface area contributed by atoms with Gasteiger partial charge in [-0.15, -0.1) is 26.3 Å². The van der Waals surface area contributed by atoms with Crippen molar-refractivity contribution in [3.63, 3.8) is 0 Å². The van der Waals surface area contributed by atoms with Crippen LogP contribution in [0.1, 0.15) is 16.8 Å². The van der Waals surface area contributed by atoms with Crippen LogP contribution >= 0.6 is 0 Å². The summed E-state index contributed by atoms with van der Waals surface area (Å²) in [6, 6.07) is 14.9. The van der Waals surface area contributed by atoms with Gasteiger partial charge in [0.1, 0.15) is 11.5 Å². The van der Waals surface area contributed by atoms with Crippen molar-refractivity contribution in [3.05, 3.63) is 89.7 Å². The van der Waals surface area contributed by atoms with Gasteiger partial charge in [-0.1, -0.05) is 30.3 Å². The van der Waals surface area contributed by atoms with Crippen molar-refractivity contribution in [1.29, 1.82) is 0 Å². The Morgan fingerprint density at radius 3 is 1.65 bits per heavy atom. The highest BCUT2D eigenvalue weighted by Crippen LogP contribution is 2.36. The number of rotatable bonds is 6. The topological polar surface area (TPSA) is 57.4 Å². The summed E-state index contributed by atoms with van der Waals surface area (Å²) < 4.78 is 83.9. The van der Waals surface area contributed by atoms with Crippen LogP contribution in [0.15, 0.2) is 72.9 Å². The Labute approximate surface area is 173 Å². The molecule has 3 aromatic rings. The molecule has 0 saturated heterocycles. The van der Waals surface area contributed by atoms with Gasteiger partial charge in [-0.25, -0.2) is 0 Å². The minimum Gasteiger partial charge on any atom is -0.406 e. The summed E-state index contributed by atoms with van der Waals surface area (Å²) in [5, 5.41) is 0. The van der Waals surface area contributed by atoms with Gasteiger partial charge in [-0.05, 0) is 47.5 Å². The standard InChI is InChI=1S/C21H16F6N2O2/c22-20(23,24)30-17-8-3-5-14(11-17)19(28,13-16-7-1-2-10-29-16)15-6-4-9-18(12-15)31-21(25,26)27/h1-12H,13,28H2. The zero-order chi connectivity index (χ0) is 22.7. The van der Waals surface area contributed by atoms with Gasteiger partial charge in [0, 0.05) is 18.3 Å². The molecular weight excluding hydrogens is 426 g/mol. The summed E-state index contributed by atoms with van der Waals surface area (Å²) >= 11 is 0. The van der Waals surface area contributed by atoms with Crippen molar-refractivity contribution in [1.82, 2.24) is 4.98 Å². The Morgan fingerprint density at radius 1 is 0.710 bits per heavy atom. The monoisotopic (exact) mass is 442 g/mol. The van der Waals surface area contributed by atoms with Crippen molar-refractivity contribution >= 4 is 0 Å². The van der Waals surface area contributed by atoms with Crippen LogP contribution in [0.5, 0.6) is 11.5 Å². The van der Waals surface area contributed by atoms with Gasteiger partial charge in [-0.3, -0.25) is 4.98 Å². The molecule has 0 aliphatic heterocycles. The third kappa shape index (κ3) is 6.11. The van der Waals surface area contributed by atoms with E-state index in [4.69, 9.17) is 5.73 Å². The van der Waals surface area contributed by atoms with Gasteiger partial charge in [0.15, 0.2) is 0 Å². The molecule has 2 N–H and O–H groups in total. The minimum absolute atomic E-state index is 0.0151. The molecule has 0 saturated carbocycles. The fourth-order valence-electron chi connectivity index (χ4n) is 3.10. The second kappa shape index (κ2) is 8.46. The number of nitrogens with two attached hydrogens (primary N) is 1. The first-order chi connectivity index (χ1) is 14.4. The second-order valence-electron chi connectivity index (χ2n) is 6.62. The zero-order valence-corrected chi connectivity index (χ0v) is 15.7. The summed E-state index contributed by atoms with van der Waals surface area (Å²) in [7, 11) is 0. The fourth-order valence-corrected chi connectivity index (χ4v) is 3.10. The number of hydrogen-bond donors (Lipinski definition) is 1. The average Bonchev–Trinajstić information content (AvgIpc) is 2.66. The molecule has 4 nitrogen and oxygen atoms in total. The molecule has 0 spiro atoms. The van der Waals surface area contributed by atoms with Crippen molar-refractivity contribution in [2.24, 2.45) is 5.73 Å². The molecule has 0 aliphatic rings. The van der Waals surface area contributed by atoms with E-state index in [2.05, 4.69) is 14.5 Å². The average molecular weight is 442 g/mol. The number of nitrogens with zero attached hydrogens (tertiary/aromatic N) is 1. The quantitative estimate of drug-likeness (QED) is 0.525. The lowest BCUT2D eigenvalue weighted by Crippen LogP contribution is -2.40. The van der Waals surface area contributed by atoms with E-state index in [0.29, 0.717) is 5.69 Å². The van der Waals surface area contributed by atoms with Crippen LogP contribution < -0.4 is 15.2 Å². The molecule has 0 amide bonds. The van der Waals surface area contributed by atoms with Gasteiger partial charge in [0.05, 0.1) is 5.54 Å². The number of ether oxygens (including phenoxy) is 2. The summed E-state index contributed by atoms with van der Waals surface area (Å²) in [4.78, 5) is 4.18. The van der Waals surface area contributed by atoms with E-state index in [-0.39, 0.29) is 17.5 Å². The zero-order valence-electron chi connectivity index (χ0n) is 15.7. The molecule has 164 valence electrons. The molecule has 31 heavy (non-hydrogen) atoms. The van der Waals surface area contributed by atoms with Crippen LogP contribution in [-0.4, -0.2) is 17.7 Å². The summed E-state index contributed by atoms with van der Waals surface area (Å²) in [5.74, 6) is -1.02. The van der Waals surface area contributed by atoms with Crippen molar-refractivity contribution in [2.75, 3.05) is 0 Å². The Morgan fingerprint density at radius 2 is 1.23 bits per heavy atom. The molecule has 0 radical (unpaired) electrons. The van der Waals surface area contributed by atoms with E-state index in [0.717, 1.165) is 24.3 Å². The SMILES string of the molecule is NC(Cc1ccccn1)(c1cccc(OC(F)(F)F)c1)c1cccc(OC(F)(F)F)c1. The van der Waals surface area contributed by atoms with E-state index in [9.17, 15) is 26.3 Å². The third-order valence-electron chi connectivity index (χ3n) is 4.35. The van der Waals surface area contributed by atoms with Gasteiger partial charge in [0.25, 0.3) is 0 Å². The van der Waals surface area contributed by atoms with Crippen LogP contribution in [0, 0.1) is 0 Å². The minimum atomic E-state index is -4.92. The summed E-state index contributed by atoms with van der Waals surface area (Å²) in [6.07, 6.45) is -8.35. The molecule has 0 fully saturated rings. The first-order valence-corrected chi connectivity index (χ1v) is 8.86. The Hall–Kier alpha value is -3.27. The molecule has 3 rings (SSSR count). The van der Waals surface area contributed by atoms with Gasteiger partial charge < -0.3 is 15.2 Å². The van der Waals surface area contributed by atoms with Gasteiger partial charge in [0.2, 0.25) is 0 Å². The van der Waals surface area contributed by atoms with E-state index < -0.39 is 29.8 Å². The lowest BCUT2D eigenvalue weighted by Gasteiger charge is -2.31. The van der Waals surface area contributed by atoms with Crippen LogP contribution in [0.3, 0.4) is 0 Å². The second-order valence-corrected chi connectivity index (χ2v) is 6.62. The fraction of sp³-hybridized carbons (Fsp3) is 0.190. The van der Waals surface area contributed by atoms with E-state index in [1.807, 2.05) is 0 Å². The number of halogens is 6. The number of alkyl halides is 6. The maximum atomic E-state index is 12.7. The van der Waals surface area contributed by atoms with Crippen molar-refractivity contribution in [2.45, 2.75) is 24.7 Å². The molecule has 10 heteroatoms. The lowest BCUT2D eigenvalue weighted by atomic mass is 9.80. The van der Waals surface area contributed by atoms with Crippen molar-refractivity contribution < 1.29 is 35.8 Å². The van der Waals surface area contributed by atoms with Gasteiger partial charge >= 0.3 is 12.7 Å². The van der Waals surface area contributed by atoms with Crippen LogP contribution in [0.2, 0.25) is 0 Å². The molecular formula is C21H16F6N2O2. The highest BCUT2D eigenvalue weighted by molar-refractivity contribution is 5.45. The molecule has 0 bridgehead atoms. The van der Waals surface area contributed by atoms with Gasteiger partial charge in [-0.2, -0.15) is 0 Å². The van der Waals surface area contributed by atoms with Crippen molar-refractivity contribution in [3.8, 4) is 11.5 Å². The Bertz CT molecular complexity index is 963. The van der Waals surface area contributed by atoms with Crippen LogP contribution in [0.25, 0.3) is 0 Å². The predicted molar refractivity (Wildman–Crippen MR) is 99.2 cm³/mol. The molecule has 0 unspecified atom stereocenters. The summed E-state index contributed by atoms with van der Waals surface area (Å²) in [5.41, 5.74) is 5.94. The van der Waals surface area contributed by atoms with E-state index in [1.165, 1.54) is 30.5 Å². The first kappa shape index (κ1) is 22.4. The smallest absolute Gasteiger partial charge is 0.406 e. The molecule has 1 heterocycles. The number of benzene rings is 2. The number of hydrogen-bond acceptors (Lipinski definition) is 4. The molecule has 2 aromatic carbocycles. The predicted octanol–water partition coefficient (Wildman–Crippen LogP) is 5.32. The Kier molecular flexibility index (Phi) is 6.12. The van der Waals surface area contributed by atoms with E-state index in [1.54, 1.807) is 18.2 Å². The highest BCUT2D eigenvalue weighted by Gasteiger charge is 2.35. The maximum absolute atomic E-state index is 12.7. The lowest BCUT2D eigenvalue weighted by molar-refractivity contribution is -0.275. The largest absolute Gasteiger partial charge is 0.573 e. The maximum Gasteiger partial charge on any atom is 0.573 e. The van der Waals surface area contributed by atoms with Crippen LogP contribution in [-0.2, 0) is 12.0 Å². The highest BCUT2D eigenvalue weighted by atomic mass is 19.4.